The SMILES string of the molecule is CC1(OCC(=O)Nc2ccc3c(c2)NC(=O)CS3)CNC1. The molecule has 0 aliphatic carbocycles. The number of ether oxygens (including phenoxy) is 1. The summed E-state index contributed by atoms with van der Waals surface area (Å²) in [7, 11) is 0. The largest absolute Gasteiger partial charge is 0.363 e. The number of anilines is 2. The predicted molar refractivity (Wildman–Crippen MR) is 81.7 cm³/mol. The van der Waals surface area contributed by atoms with Gasteiger partial charge in [0.25, 0.3) is 0 Å². The van der Waals surface area contributed by atoms with Crippen molar-refractivity contribution in [3.63, 3.8) is 0 Å². The molecule has 1 fully saturated rings. The first-order valence-corrected chi connectivity index (χ1v) is 7.74. The van der Waals surface area contributed by atoms with Gasteiger partial charge in [0.05, 0.1) is 17.0 Å². The predicted octanol–water partition coefficient (Wildman–Crippen LogP) is 1.05. The van der Waals surface area contributed by atoms with Crippen molar-refractivity contribution in [3.05, 3.63) is 18.2 Å². The summed E-state index contributed by atoms with van der Waals surface area (Å²) >= 11 is 1.49. The molecular formula is C14H17N3O3S. The fraction of sp³-hybridized carbons (Fsp3) is 0.429. The van der Waals surface area contributed by atoms with Crippen LogP contribution in [0.3, 0.4) is 0 Å². The van der Waals surface area contributed by atoms with Crippen molar-refractivity contribution in [3.8, 4) is 0 Å². The molecular weight excluding hydrogens is 290 g/mol. The Balaban J connectivity index is 1.58. The Labute approximate surface area is 127 Å². The van der Waals surface area contributed by atoms with E-state index in [4.69, 9.17) is 4.74 Å². The fourth-order valence-electron chi connectivity index (χ4n) is 2.18. The topological polar surface area (TPSA) is 79.5 Å². The molecule has 21 heavy (non-hydrogen) atoms. The summed E-state index contributed by atoms with van der Waals surface area (Å²) in [5.74, 6) is 0.210. The van der Waals surface area contributed by atoms with Crippen molar-refractivity contribution in [2.45, 2.75) is 17.4 Å². The van der Waals surface area contributed by atoms with E-state index in [2.05, 4.69) is 16.0 Å². The Morgan fingerprint density at radius 3 is 3.00 bits per heavy atom. The lowest BCUT2D eigenvalue weighted by Gasteiger charge is -2.38. The molecule has 3 N–H and O–H groups in total. The van der Waals surface area contributed by atoms with Crippen molar-refractivity contribution < 1.29 is 14.3 Å². The minimum absolute atomic E-state index is 0.0234. The van der Waals surface area contributed by atoms with E-state index in [0.29, 0.717) is 11.4 Å². The monoisotopic (exact) mass is 307 g/mol. The molecule has 0 unspecified atom stereocenters. The highest BCUT2D eigenvalue weighted by atomic mass is 32.2. The quantitative estimate of drug-likeness (QED) is 0.775. The van der Waals surface area contributed by atoms with Gasteiger partial charge < -0.3 is 20.7 Å². The minimum atomic E-state index is -0.238. The van der Waals surface area contributed by atoms with Crippen LogP contribution in [0, 0.1) is 0 Å². The van der Waals surface area contributed by atoms with Crippen molar-refractivity contribution >= 4 is 35.0 Å². The summed E-state index contributed by atoms with van der Waals surface area (Å²) in [5.41, 5.74) is 1.16. The summed E-state index contributed by atoms with van der Waals surface area (Å²) in [6.45, 7) is 3.53. The Kier molecular flexibility index (Phi) is 3.88. The molecule has 1 aromatic carbocycles. The number of carbonyl (C=O) groups is 2. The van der Waals surface area contributed by atoms with E-state index < -0.39 is 0 Å². The number of thioether (sulfide) groups is 1. The van der Waals surface area contributed by atoms with Gasteiger partial charge in [-0.3, -0.25) is 9.59 Å². The first-order chi connectivity index (χ1) is 10.0. The molecule has 0 saturated carbocycles. The average molecular weight is 307 g/mol. The van der Waals surface area contributed by atoms with E-state index >= 15 is 0 Å². The normalized spacial score (nSPS) is 19.2. The van der Waals surface area contributed by atoms with Crippen LogP contribution in [0.1, 0.15) is 6.92 Å². The van der Waals surface area contributed by atoms with Crippen LogP contribution in [-0.4, -0.2) is 42.9 Å². The van der Waals surface area contributed by atoms with E-state index in [0.717, 1.165) is 23.7 Å². The highest BCUT2D eigenvalue weighted by molar-refractivity contribution is 8.00. The molecule has 0 atom stereocenters. The van der Waals surface area contributed by atoms with E-state index in [1.54, 1.807) is 6.07 Å². The Morgan fingerprint density at radius 1 is 1.48 bits per heavy atom. The maximum Gasteiger partial charge on any atom is 0.250 e. The molecule has 1 aromatic rings. The molecule has 7 heteroatoms. The van der Waals surface area contributed by atoms with Crippen LogP contribution >= 0.6 is 11.8 Å². The fourth-order valence-corrected chi connectivity index (χ4v) is 2.97. The molecule has 0 spiro atoms. The minimum Gasteiger partial charge on any atom is -0.363 e. The second kappa shape index (κ2) is 5.67. The van der Waals surface area contributed by atoms with Crippen molar-refractivity contribution in [1.29, 1.82) is 0 Å². The van der Waals surface area contributed by atoms with Gasteiger partial charge in [0.2, 0.25) is 11.8 Å². The molecule has 3 rings (SSSR count). The zero-order valence-corrected chi connectivity index (χ0v) is 12.5. The van der Waals surface area contributed by atoms with Gasteiger partial charge in [-0.1, -0.05) is 0 Å². The van der Waals surface area contributed by atoms with E-state index in [1.807, 2.05) is 19.1 Å². The van der Waals surface area contributed by atoms with Gasteiger partial charge in [-0.25, -0.2) is 0 Å². The van der Waals surface area contributed by atoms with Crippen LogP contribution in [0.15, 0.2) is 23.1 Å². The number of nitrogens with one attached hydrogen (secondary N) is 3. The highest BCUT2D eigenvalue weighted by Crippen LogP contribution is 2.33. The van der Waals surface area contributed by atoms with E-state index in [-0.39, 0.29) is 24.0 Å². The number of rotatable bonds is 4. The Bertz CT molecular complexity index is 587. The highest BCUT2D eigenvalue weighted by Gasteiger charge is 2.33. The van der Waals surface area contributed by atoms with E-state index in [1.165, 1.54) is 11.8 Å². The van der Waals surface area contributed by atoms with Gasteiger partial charge in [0, 0.05) is 23.7 Å². The van der Waals surface area contributed by atoms with E-state index in [9.17, 15) is 9.59 Å². The summed E-state index contributed by atoms with van der Waals surface area (Å²) in [4.78, 5) is 24.3. The maximum absolute atomic E-state index is 11.9. The second-order valence-corrected chi connectivity index (χ2v) is 6.46. The summed E-state index contributed by atoms with van der Waals surface area (Å²) in [6, 6.07) is 5.49. The lowest BCUT2D eigenvalue weighted by Crippen LogP contribution is -2.59. The van der Waals surface area contributed by atoms with Gasteiger partial charge in [0.15, 0.2) is 0 Å². The molecule has 112 valence electrons. The maximum atomic E-state index is 11.9. The number of fused-ring (bicyclic) bond motifs is 1. The molecule has 6 nitrogen and oxygen atoms in total. The van der Waals surface area contributed by atoms with Crippen LogP contribution in [0.2, 0.25) is 0 Å². The standard InChI is InChI=1S/C14H17N3O3S/c1-14(7-15-8-14)20-5-12(18)16-9-2-3-11-10(4-9)17-13(19)6-21-11/h2-4,15H,5-8H2,1H3,(H,16,18)(H,17,19). The lowest BCUT2D eigenvalue weighted by atomic mass is 10.0. The zero-order chi connectivity index (χ0) is 14.9. The molecule has 2 amide bonds. The molecule has 2 aliphatic heterocycles. The van der Waals surface area contributed by atoms with Crippen LogP contribution < -0.4 is 16.0 Å². The van der Waals surface area contributed by atoms with Crippen molar-refractivity contribution in [2.75, 3.05) is 36.1 Å². The van der Waals surface area contributed by atoms with Gasteiger partial charge in [0.1, 0.15) is 6.61 Å². The first-order valence-electron chi connectivity index (χ1n) is 6.75. The smallest absolute Gasteiger partial charge is 0.250 e. The molecule has 0 aromatic heterocycles. The molecule has 1 saturated heterocycles. The summed E-state index contributed by atoms with van der Waals surface area (Å²) < 4.78 is 5.58. The summed E-state index contributed by atoms with van der Waals surface area (Å²) in [5, 5.41) is 8.69. The third-order valence-electron chi connectivity index (χ3n) is 3.45. The van der Waals surface area contributed by atoms with Gasteiger partial charge in [-0.2, -0.15) is 0 Å². The average Bonchev–Trinajstić information content (AvgIpc) is 2.42. The number of benzene rings is 1. The van der Waals surface area contributed by atoms with Crippen LogP contribution in [0.5, 0.6) is 0 Å². The number of hydrogen-bond donors (Lipinski definition) is 3. The number of carbonyl (C=O) groups excluding carboxylic acids is 2. The lowest BCUT2D eigenvalue weighted by molar-refractivity contribution is -0.130. The first kappa shape index (κ1) is 14.4. The Morgan fingerprint density at radius 2 is 2.29 bits per heavy atom. The molecule has 0 radical (unpaired) electrons. The second-order valence-electron chi connectivity index (χ2n) is 5.44. The van der Waals surface area contributed by atoms with Gasteiger partial charge in [-0.15, -0.1) is 11.8 Å². The van der Waals surface area contributed by atoms with Crippen LogP contribution in [0.25, 0.3) is 0 Å². The van der Waals surface area contributed by atoms with Crippen LogP contribution in [0.4, 0.5) is 11.4 Å². The Hall–Kier alpha value is -1.57. The van der Waals surface area contributed by atoms with Gasteiger partial charge in [-0.05, 0) is 25.1 Å². The summed E-state index contributed by atoms with van der Waals surface area (Å²) in [6.07, 6.45) is 0. The molecule has 0 bridgehead atoms. The third kappa shape index (κ3) is 3.37. The van der Waals surface area contributed by atoms with Gasteiger partial charge >= 0.3 is 0 Å². The molecule has 2 heterocycles. The third-order valence-corrected chi connectivity index (χ3v) is 4.52. The number of amides is 2. The van der Waals surface area contributed by atoms with Crippen molar-refractivity contribution in [2.24, 2.45) is 0 Å². The number of hydrogen-bond acceptors (Lipinski definition) is 5. The van der Waals surface area contributed by atoms with Crippen LogP contribution in [-0.2, 0) is 14.3 Å². The zero-order valence-electron chi connectivity index (χ0n) is 11.7. The molecule has 2 aliphatic rings. The van der Waals surface area contributed by atoms with Crippen molar-refractivity contribution in [1.82, 2.24) is 5.32 Å².